The third kappa shape index (κ3) is 5.60. The van der Waals surface area contributed by atoms with Gasteiger partial charge in [-0.1, -0.05) is 31.2 Å². The van der Waals surface area contributed by atoms with E-state index in [0.29, 0.717) is 6.42 Å². The fourth-order valence-corrected chi connectivity index (χ4v) is 3.44. The van der Waals surface area contributed by atoms with E-state index in [1.54, 1.807) is 11.8 Å². The molecule has 146 valence electrons. The third-order valence-electron chi connectivity index (χ3n) is 4.71. The molecule has 0 bridgehead atoms. The molecular weight excluding hydrogens is 356 g/mol. The molecule has 1 unspecified atom stereocenters. The van der Waals surface area contributed by atoms with E-state index in [2.05, 4.69) is 19.1 Å². The highest BCUT2D eigenvalue weighted by Crippen LogP contribution is 2.32. The Labute approximate surface area is 167 Å². The summed E-state index contributed by atoms with van der Waals surface area (Å²) < 4.78 is 6.00. The lowest BCUT2D eigenvalue weighted by atomic mass is 9.90. The number of carbonyl (C=O) groups excluding carboxylic acids is 1. The van der Waals surface area contributed by atoms with Gasteiger partial charge in [0.2, 0.25) is 0 Å². The van der Waals surface area contributed by atoms with Gasteiger partial charge in [-0.3, -0.25) is 4.79 Å². The molecule has 0 spiro atoms. The van der Waals surface area contributed by atoms with E-state index in [0.717, 1.165) is 32.9 Å². The first-order valence-electron chi connectivity index (χ1n) is 9.25. The number of hydrogen-bond acceptors (Lipinski definition) is 4. The number of thioether (sulfide) groups is 1. The van der Waals surface area contributed by atoms with Gasteiger partial charge in [0.15, 0.2) is 5.78 Å². The van der Waals surface area contributed by atoms with Gasteiger partial charge in [-0.25, -0.2) is 0 Å². The van der Waals surface area contributed by atoms with E-state index in [-0.39, 0.29) is 18.3 Å². The van der Waals surface area contributed by atoms with Crippen LogP contribution in [0.4, 0.5) is 0 Å². The first-order valence-corrected chi connectivity index (χ1v) is 10.5. The zero-order valence-corrected chi connectivity index (χ0v) is 17.9. The van der Waals surface area contributed by atoms with Crippen LogP contribution in [0.1, 0.15) is 60.2 Å². The molecule has 3 nitrogen and oxygen atoms in total. The summed E-state index contributed by atoms with van der Waals surface area (Å²) in [6.07, 6.45) is 2.50. The molecule has 0 aliphatic rings. The minimum absolute atomic E-state index is 0.0478. The van der Waals surface area contributed by atoms with Gasteiger partial charge in [0.05, 0.1) is 6.61 Å². The van der Waals surface area contributed by atoms with Gasteiger partial charge in [-0.15, -0.1) is 11.8 Å². The second-order valence-electron chi connectivity index (χ2n) is 7.76. The van der Waals surface area contributed by atoms with Crippen LogP contribution in [0, 0.1) is 13.8 Å². The number of ketones is 1. The number of hydrogen-bond donors (Lipinski definition) is 1. The molecule has 0 amide bonds. The quantitative estimate of drug-likeness (QED) is 0.477. The van der Waals surface area contributed by atoms with Crippen molar-refractivity contribution in [2.45, 2.75) is 57.5 Å². The smallest absolute Gasteiger partial charge is 0.163 e. The van der Waals surface area contributed by atoms with Crippen LogP contribution < -0.4 is 4.74 Å². The minimum atomic E-state index is -0.623. The SMILES string of the molecule is CSc1ccc(C(=O)CC(C)c2cc(C)c(OC(C)(C)CO)c(C)c2)cc1. The van der Waals surface area contributed by atoms with Crippen LogP contribution >= 0.6 is 11.8 Å². The van der Waals surface area contributed by atoms with Crippen LogP contribution in [0.2, 0.25) is 0 Å². The minimum Gasteiger partial charge on any atom is -0.485 e. The molecule has 2 aromatic rings. The molecule has 2 aromatic carbocycles. The highest BCUT2D eigenvalue weighted by atomic mass is 32.2. The van der Waals surface area contributed by atoms with E-state index in [1.807, 2.05) is 58.2 Å². The van der Waals surface area contributed by atoms with Gasteiger partial charge in [0, 0.05) is 16.9 Å². The van der Waals surface area contributed by atoms with Crippen LogP contribution in [-0.2, 0) is 0 Å². The fraction of sp³-hybridized carbons (Fsp3) is 0.435. The monoisotopic (exact) mass is 386 g/mol. The Morgan fingerprint density at radius 1 is 1.15 bits per heavy atom. The van der Waals surface area contributed by atoms with Gasteiger partial charge in [0.25, 0.3) is 0 Å². The molecule has 27 heavy (non-hydrogen) atoms. The van der Waals surface area contributed by atoms with Crippen molar-refractivity contribution < 1.29 is 14.6 Å². The van der Waals surface area contributed by atoms with Gasteiger partial charge >= 0.3 is 0 Å². The maximum atomic E-state index is 12.6. The molecule has 0 aliphatic carbocycles. The van der Waals surface area contributed by atoms with E-state index < -0.39 is 5.60 Å². The standard InChI is InChI=1S/C23H30O3S/c1-15(13-21(25)18-7-9-20(27-6)10-8-18)19-11-16(2)22(17(3)12-19)26-23(4,5)14-24/h7-12,15,24H,13-14H2,1-6H3. The second-order valence-corrected chi connectivity index (χ2v) is 8.64. The van der Waals surface area contributed by atoms with Crippen molar-refractivity contribution in [3.63, 3.8) is 0 Å². The van der Waals surface area contributed by atoms with Gasteiger partial charge in [0.1, 0.15) is 11.4 Å². The Balaban J connectivity index is 2.16. The summed E-state index contributed by atoms with van der Waals surface area (Å²) in [6.45, 7) is 9.78. The molecular formula is C23H30O3S. The molecule has 0 fully saturated rings. The van der Waals surface area contributed by atoms with E-state index >= 15 is 0 Å². The molecule has 0 radical (unpaired) electrons. The highest BCUT2D eigenvalue weighted by Gasteiger charge is 2.22. The van der Waals surface area contributed by atoms with E-state index in [4.69, 9.17) is 4.74 Å². The molecule has 2 rings (SSSR count). The Morgan fingerprint density at radius 2 is 1.70 bits per heavy atom. The molecule has 0 heterocycles. The summed E-state index contributed by atoms with van der Waals surface area (Å²) in [4.78, 5) is 13.8. The van der Waals surface area contributed by atoms with Crippen LogP contribution in [-0.4, -0.2) is 29.4 Å². The van der Waals surface area contributed by atoms with Crippen molar-refractivity contribution >= 4 is 17.5 Å². The lowest BCUT2D eigenvalue weighted by Gasteiger charge is -2.27. The molecule has 0 saturated carbocycles. The van der Waals surface area contributed by atoms with Crippen molar-refractivity contribution in [2.75, 3.05) is 12.9 Å². The number of carbonyl (C=O) groups is 1. The number of aliphatic hydroxyl groups is 1. The Hall–Kier alpha value is -1.78. The summed E-state index contributed by atoms with van der Waals surface area (Å²) in [7, 11) is 0. The van der Waals surface area contributed by atoms with Crippen LogP contribution in [0.25, 0.3) is 0 Å². The summed E-state index contributed by atoms with van der Waals surface area (Å²) in [5.74, 6) is 1.09. The summed E-state index contributed by atoms with van der Waals surface area (Å²) in [5.41, 5.74) is 3.32. The summed E-state index contributed by atoms with van der Waals surface area (Å²) in [5, 5.41) is 9.46. The van der Waals surface area contributed by atoms with Crippen LogP contribution in [0.5, 0.6) is 5.75 Å². The van der Waals surface area contributed by atoms with E-state index in [9.17, 15) is 9.90 Å². The molecule has 1 N–H and O–H groups in total. The van der Waals surface area contributed by atoms with E-state index in [1.165, 1.54) is 0 Å². The van der Waals surface area contributed by atoms with Crippen LogP contribution in [0.15, 0.2) is 41.3 Å². The maximum Gasteiger partial charge on any atom is 0.163 e. The fourth-order valence-electron chi connectivity index (χ4n) is 3.03. The Bertz CT molecular complexity index is 771. The number of aliphatic hydroxyl groups excluding tert-OH is 1. The number of Topliss-reactive ketones (excluding diaryl/α,β-unsaturated/α-hetero) is 1. The zero-order valence-electron chi connectivity index (χ0n) is 17.1. The van der Waals surface area contributed by atoms with Gasteiger partial charge in [-0.2, -0.15) is 0 Å². The third-order valence-corrected chi connectivity index (χ3v) is 5.46. The van der Waals surface area contributed by atoms with Gasteiger partial charge < -0.3 is 9.84 Å². The maximum absolute atomic E-state index is 12.6. The summed E-state index contributed by atoms with van der Waals surface area (Å²) in [6, 6.07) is 12.0. The molecule has 0 aromatic heterocycles. The number of aryl methyl sites for hydroxylation is 2. The normalized spacial score (nSPS) is 12.7. The molecule has 4 heteroatoms. The topological polar surface area (TPSA) is 46.5 Å². The first-order chi connectivity index (χ1) is 12.7. The largest absolute Gasteiger partial charge is 0.485 e. The highest BCUT2D eigenvalue weighted by molar-refractivity contribution is 7.98. The zero-order chi connectivity index (χ0) is 20.2. The average Bonchev–Trinajstić information content (AvgIpc) is 2.64. The van der Waals surface area contributed by atoms with Crippen molar-refractivity contribution in [1.82, 2.24) is 0 Å². The van der Waals surface area contributed by atoms with Crippen LogP contribution in [0.3, 0.4) is 0 Å². The van der Waals surface area contributed by atoms with Crippen molar-refractivity contribution in [3.8, 4) is 5.75 Å². The second kappa shape index (κ2) is 8.94. The average molecular weight is 387 g/mol. The van der Waals surface area contributed by atoms with Gasteiger partial charge in [-0.05, 0) is 68.7 Å². The molecule has 1 atom stereocenters. The Morgan fingerprint density at radius 3 is 2.19 bits per heavy atom. The van der Waals surface area contributed by atoms with Crippen molar-refractivity contribution in [1.29, 1.82) is 0 Å². The first kappa shape index (κ1) is 21.5. The number of rotatable bonds is 8. The van der Waals surface area contributed by atoms with Crippen molar-refractivity contribution in [2.24, 2.45) is 0 Å². The lowest BCUT2D eigenvalue weighted by Crippen LogP contribution is -2.33. The summed E-state index contributed by atoms with van der Waals surface area (Å²) >= 11 is 1.67. The Kier molecular flexibility index (Phi) is 7.12. The number of ether oxygens (including phenoxy) is 1. The van der Waals surface area contributed by atoms with Crippen molar-refractivity contribution in [3.05, 3.63) is 58.7 Å². The lowest BCUT2D eigenvalue weighted by molar-refractivity contribution is 0.0400. The predicted molar refractivity (Wildman–Crippen MR) is 113 cm³/mol. The predicted octanol–water partition coefficient (Wildman–Crippen LogP) is 5.55. The number of benzene rings is 2. The molecule has 0 saturated heterocycles. The molecule has 0 aliphatic heterocycles.